The second kappa shape index (κ2) is 25.9. The van der Waals surface area contributed by atoms with E-state index in [0.717, 1.165) is 90.4 Å². The first kappa shape index (κ1) is 49.7. The second-order valence-electron chi connectivity index (χ2n) is 16.4. The Morgan fingerprint density at radius 2 is 0.939 bits per heavy atom. The van der Waals surface area contributed by atoms with Crippen molar-refractivity contribution in [2.75, 3.05) is 26.4 Å². The predicted molar refractivity (Wildman–Crippen MR) is 271 cm³/mol. The van der Waals surface area contributed by atoms with Gasteiger partial charge in [-0.25, -0.2) is 19.6 Å². The molecule has 0 aliphatic rings. The summed E-state index contributed by atoms with van der Waals surface area (Å²) in [7, 11) is 0. The number of carbonyl (C=O) groups is 2. The third-order valence-corrected chi connectivity index (χ3v) is 12.3. The zero-order valence-corrected chi connectivity index (χ0v) is 41.6. The summed E-state index contributed by atoms with van der Waals surface area (Å²) in [5.41, 5.74) is 5.47. The molecule has 0 radical (unpaired) electrons. The number of unbranched alkanes of at least 4 members (excludes halogenated alkanes) is 3. The van der Waals surface area contributed by atoms with Gasteiger partial charge in [-0.15, -0.1) is 0 Å². The van der Waals surface area contributed by atoms with E-state index < -0.39 is 11.9 Å². The molecule has 0 aliphatic carbocycles. The van der Waals surface area contributed by atoms with E-state index in [0.29, 0.717) is 49.0 Å². The van der Waals surface area contributed by atoms with E-state index >= 15 is 0 Å². The lowest BCUT2D eigenvalue weighted by molar-refractivity contribution is 0.0432. The molecule has 4 aromatic carbocycles. The zero-order valence-electron chi connectivity index (χ0n) is 38.4. The molecule has 0 saturated carbocycles. The van der Waals surface area contributed by atoms with Crippen LogP contribution >= 0.6 is 31.9 Å². The fraction of sp³-hybridized carbons (Fsp3) is 0.357. The molecular formula is C56H58Br2N2O6. The van der Waals surface area contributed by atoms with E-state index in [4.69, 9.17) is 28.9 Å². The SMILES string of the molecule is CCCCC(CC)COc1cc(C#Cc2ccc(C(=O)OCCCCOC(=O)c3ccc(C#Cc4cc(OCC(CC)CCCC)cc5ccc(Br)nc45)cc3)cc2)c2nc(Br)ccc2c1. The maximum absolute atomic E-state index is 12.8. The molecular weight excluding hydrogens is 956 g/mol. The van der Waals surface area contributed by atoms with E-state index in [1.807, 2.05) is 48.5 Å². The lowest BCUT2D eigenvalue weighted by atomic mass is 10.0. The van der Waals surface area contributed by atoms with Crippen molar-refractivity contribution in [2.45, 2.75) is 91.9 Å². The molecule has 2 heterocycles. The molecule has 0 bridgehead atoms. The van der Waals surface area contributed by atoms with Crippen LogP contribution in [-0.2, 0) is 9.47 Å². The van der Waals surface area contributed by atoms with Crippen LogP contribution in [0, 0.1) is 35.5 Å². The topological polar surface area (TPSA) is 96.8 Å². The highest BCUT2D eigenvalue weighted by molar-refractivity contribution is 9.10. The zero-order chi connectivity index (χ0) is 46.7. The Hall–Kier alpha value is -5.68. The Balaban J connectivity index is 0.961. The largest absolute Gasteiger partial charge is 0.493 e. The number of aromatic nitrogens is 2. The predicted octanol–water partition coefficient (Wildman–Crippen LogP) is 14.1. The molecule has 0 aliphatic heterocycles. The number of halogens is 2. The third kappa shape index (κ3) is 14.9. The quantitative estimate of drug-likeness (QED) is 0.0304. The van der Waals surface area contributed by atoms with Crippen LogP contribution in [0.3, 0.4) is 0 Å². The van der Waals surface area contributed by atoms with Crippen molar-refractivity contribution in [3.05, 3.63) is 140 Å². The molecule has 10 heteroatoms. The summed E-state index contributed by atoms with van der Waals surface area (Å²) >= 11 is 6.99. The number of benzene rings is 4. The van der Waals surface area contributed by atoms with Crippen LogP contribution in [0.15, 0.2) is 106 Å². The molecule has 0 spiro atoms. The fourth-order valence-corrected chi connectivity index (χ4v) is 7.93. The molecule has 0 N–H and O–H groups in total. The van der Waals surface area contributed by atoms with E-state index in [2.05, 4.69) is 83.2 Å². The van der Waals surface area contributed by atoms with Crippen molar-refractivity contribution in [3.8, 4) is 35.2 Å². The molecule has 6 rings (SSSR count). The number of nitrogens with zero attached hydrogens (tertiary/aromatic N) is 2. The minimum absolute atomic E-state index is 0.200. The van der Waals surface area contributed by atoms with Gasteiger partial charge in [-0.1, -0.05) is 89.9 Å². The Kier molecular flexibility index (Phi) is 19.5. The van der Waals surface area contributed by atoms with Crippen molar-refractivity contribution in [3.63, 3.8) is 0 Å². The number of pyridine rings is 2. The molecule has 2 aromatic heterocycles. The Labute approximate surface area is 406 Å². The Bertz CT molecular complexity index is 2510. The average Bonchev–Trinajstić information content (AvgIpc) is 3.34. The first-order chi connectivity index (χ1) is 32.2. The van der Waals surface area contributed by atoms with Gasteiger partial charge < -0.3 is 18.9 Å². The molecule has 0 saturated heterocycles. The van der Waals surface area contributed by atoms with Crippen molar-refractivity contribution in [2.24, 2.45) is 11.8 Å². The number of esters is 2. The summed E-state index contributed by atoms with van der Waals surface area (Å²) in [6.45, 7) is 10.6. The minimum Gasteiger partial charge on any atom is -0.493 e. The normalized spacial score (nSPS) is 11.8. The number of hydrogen-bond donors (Lipinski definition) is 0. The number of fused-ring (bicyclic) bond motifs is 2. The molecule has 6 aromatic rings. The summed E-state index contributed by atoms with van der Waals surface area (Å²) in [6, 6.07) is 29.9. The second-order valence-corrected chi connectivity index (χ2v) is 18.1. The Morgan fingerprint density at radius 1 is 0.530 bits per heavy atom. The lowest BCUT2D eigenvalue weighted by Gasteiger charge is -2.16. The number of carbonyl (C=O) groups excluding carboxylic acids is 2. The molecule has 0 fully saturated rings. The highest BCUT2D eigenvalue weighted by Gasteiger charge is 2.13. The number of rotatable bonds is 21. The summed E-state index contributed by atoms with van der Waals surface area (Å²) in [6.07, 6.45) is 10.3. The third-order valence-electron chi connectivity index (χ3n) is 11.5. The highest BCUT2D eigenvalue weighted by Crippen LogP contribution is 2.28. The van der Waals surface area contributed by atoms with Gasteiger partial charge in [0.2, 0.25) is 0 Å². The van der Waals surface area contributed by atoms with E-state index in [1.54, 1.807) is 48.5 Å². The van der Waals surface area contributed by atoms with Crippen LogP contribution in [0.1, 0.15) is 135 Å². The van der Waals surface area contributed by atoms with E-state index in [-0.39, 0.29) is 13.2 Å². The van der Waals surface area contributed by atoms with Crippen LogP contribution in [0.2, 0.25) is 0 Å². The van der Waals surface area contributed by atoms with Gasteiger partial charge in [0.1, 0.15) is 20.7 Å². The van der Waals surface area contributed by atoms with Crippen LogP contribution in [0.4, 0.5) is 0 Å². The minimum atomic E-state index is -0.426. The van der Waals surface area contributed by atoms with Crippen LogP contribution in [-0.4, -0.2) is 48.3 Å². The summed E-state index contributed by atoms with van der Waals surface area (Å²) in [5, 5.41) is 1.90. The van der Waals surface area contributed by atoms with Gasteiger partial charge in [-0.3, -0.25) is 0 Å². The fourth-order valence-electron chi connectivity index (χ4n) is 7.31. The molecule has 2 atom stereocenters. The smallest absolute Gasteiger partial charge is 0.338 e. The van der Waals surface area contributed by atoms with E-state index in [1.165, 1.54) is 25.7 Å². The maximum Gasteiger partial charge on any atom is 0.338 e. The standard InChI is InChI=1S/C56H58Br2N2O6/c1-5-9-13-39(7-3)37-65-49-33-45(53-47(35-49)27-29-51(57)59-53)25-19-41-15-21-43(22-16-41)55(61)63-31-11-12-32-64-56(62)44-23-17-42(18-24-44)20-26-46-34-50(66-38-40(8-4)14-10-6-2)36-48-28-30-52(58)60-54(46)48/h15-18,21-24,27-30,33-36,39-40H,5-14,31-32,37-38H2,1-4H3. The van der Waals surface area contributed by atoms with Gasteiger partial charge in [0.25, 0.3) is 0 Å². The average molecular weight is 1010 g/mol. The van der Waals surface area contributed by atoms with Gasteiger partial charge in [0.15, 0.2) is 0 Å². The lowest BCUT2D eigenvalue weighted by Crippen LogP contribution is -2.11. The van der Waals surface area contributed by atoms with Crippen molar-refractivity contribution >= 4 is 65.6 Å². The summed E-state index contributed by atoms with van der Waals surface area (Å²) in [5.74, 6) is 14.7. The van der Waals surface area contributed by atoms with Gasteiger partial charge >= 0.3 is 11.9 Å². The van der Waals surface area contributed by atoms with Crippen molar-refractivity contribution < 1.29 is 28.5 Å². The van der Waals surface area contributed by atoms with E-state index in [9.17, 15) is 9.59 Å². The summed E-state index contributed by atoms with van der Waals surface area (Å²) < 4.78 is 25.0. The van der Waals surface area contributed by atoms with Gasteiger partial charge in [0.05, 0.1) is 59.7 Å². The summed E-state index contributed by atoms with van der Waals surface area (Å²) in [4.78, 5) is 35.0. The van der Waals surface area contributed by atoms with Crippen molar-refractivity contribution in [1.29, 1.82) is 0 Å². The first-order valence-electron chi connectivity index (χ1n) is 23.2. The molecule has 2 unspecified atom stereocenters. The molecule has 0 amide bonds. The van der Waals surface area contributed by atoms with Gasteiger partial charge in [-0.05, 0) is 166 Å². The molecule has 66 heavy (non-hydrogen) atoms. The Morgan fingerprint density at radius 3 is 1.32 bits per heavy atom. The number of hydrogen-bond acceptors (Lipinski definition) is 8. The number of ether oxygens (including phenoxy) is 4. The van der Waals surface area contributed by atoms with Crippen LogP contribution < -0.4 is 9.47 Å². The molecule has 8 nitrogen and oxygen atoms in total. The highest BCUT2D eigenvalue weighted by atomic mass is 79.9. The monoisotopic (exact) mass is 1010 g/mol. The van der Waals surface area contributed by atoms with Crippen LogP contribution in [0.25, 0.3) is 21.8 Å². The molecule has 342 valence electrons. The van der Waals surface area contributed by atoms with Crippen LogP contribution in [0.5, 0.6) is 11.5 Å². The maximum atomic E-state index is 12.8. The van der Waals surface area contributed by atoms with Gasteiger partial charge in [0, 0.05) is 21.9 Å². The first-order valence-corrected chi connectivity index (χ1v) is 24.8. The van der Waals surface area contributed by atoms with Crippen molar-refractivity contribution in [1.82, 2.24) is 9.97 Å². The van der Waals surface area contributed by atoms with Gasteiger partial charge in [-0.2, -0.15) is 0 Å².